The summed E-state index contributed by atoms with van der Waals surface area (Å²) in [5.74, 6) is -1.57. The molecule has 0 bridgehead atoms. The summed E-state index contributed by atoms with van der Waals surface area (Å²) in [6.07, 6.45) is 1.46. The minimum absolute atomic E-state index is 0.0889. The van der Waals surface area contributed by atoms with Crippen LogP contribution < -0.4 is 0 Å². The van der Waals surface area contributed by atoms with Gasteiger partial charge in [-0.3, -0.25) is 24.6 Å². The van der Waals surface area contributed by atoms with Gasteiger partial charge >= 0.3 is 5.97 Å². The molecule has 1 saturated heterocycles. The Kier molecular flexibility index (Phi) is 5.52. The zero-order valence-corrected chi connectivity index (χ0v) is 13.8. The summed E-state index contributed by atoms with van der Waals surface area (Å²) < 4.78 is 0.263. The van der Waals surface area contributed by atoms with E-state index >= 15 is 0 Å². The maximum absolute atomic E-state index is 12.3. The molecule has 126 valence electrons. The van der Waals surface area contributed by atoms with E-state index in [-0.39, 0.29) is 45.6 Å². The normalized spacial score (nSPS) is 16.0. The van der Waals surface area contributed by atoms with Gasteiger partial charge in [0.1, 0.15) is 10.1 Å². The third kappa shape index (κ3) is 4.09. The van der Waals surface area contributed by atoms with Crippen LogP contribution in [0.5, 0.6) is 5.75 Å². The molecule has 0 aliphatic carbocycles. The fourth-order valence-corrected chi connectivity index (χ4v) is 3.35. The average Bonchev–Trinajstić information content (AvgIpc) is 2.74. The number of carboxylic acid groups (broad SMARTS) is 1. The second-order valence-electron chi connectivity index (χ2n) is 4.83. The first kappa shape index (κ1) is 17.9. The number of hydrogen-bond acceptors (Lipinski definition) is 7. The zero-order chi connectivity index (χ0) is 17.9. The predicted molar refractivity (Wildman–Crippen MR) is 91.5 cm³/mol. The number of nitro benzene ring substituents is 1. The first-order chi connectivity index (χ1) is 11.3. The lowest BCUT2D eigenvalue weighted by atomic mass is 10.1. The number of nitrogens with zero attached hydrogens (tertiary/aromatic N) is 2. The van der Waals surface area contributed by atoms with Crippen molar-refractivity contribution in [1.82, 2.24) is 4.90 Å². The molecule has 1 heterocycles. The molecule has 0 saturated carbocycles. The number of nitro groups is 1. The van der Waals surface area contributed by atoms with E-state index in [1.165, 1.54) is 23.1 Å². The number of amides is 1. The van der Waals surface area contributed by atoms with Crippen LogP contribution in [0.3, 0.4) is 0 Å². The lowest BCUT2D eigenvalue weighted by Crippen LogP contribution is -2.29. The fourth-order valence-electron chi connectivity index (χ4n) is 2.05. The molecule has 0 radical (unpaired) electrons. The van der Waals surface area contributed by atoms with Gasteiger partial charge in [-0.05, 0) is 24.6 Å². The number of benzene rings is 1. The minimum atomic E-state index is -0.966. The van der Waals surface area contributed by atoms with Crippen molar-refractivity contribution in [3.8, 4) is 5.75 Å². The Bertz CT molecular complexity index is 762. The maximum atomic E-state index is 12.3. The number of carbonyl (C=O) groups is 2. The molecule has 0 unspecified atom stereocenters. The van der Waals surface area contributed by atoms with Crippen molar-refractivity contribution < 1.29 is 24.7 Å². The predicted octanol–water partition coefficient (Wildman–Crippen LogP) is 2.37. The van der Waals surface area contributed by atoms with Gasteiger partial charge < -0.3 is 10.2 Å². The topological polar surface area (TPSA) is 121 Å². The third-order valence-electron chi connectivity index (χ3n) is 3.14. The van der Waals surface area contributed by atoms with E-state index in [0.717, 1.165) is 17.8 Å². The smallest absolute Gasteiger partial charge is 0.303 e. The van der Waals surface area contributed by atoms with E-state index in [1.807, 2.05) is 0 Å². The van der Waals surface area contributed by atoms with Crippen LogP contribution in [0, 0.1) is 10.1 Å². The van der Waals surface area contributed by atoms with Crippen molar-refractivity contribution in [3.05, 3.63) is 38.8 Å². The Morgan fingerprint density at radius 1 is 1.46 bits per heavy atom. The fraction of sp³-hybridized carbons (Fsp3) is 0.214. The molecule has 1 aliphatic heterocycles. The van der Waals surface area contributed by atoms with Crippen molar-refractivity contribution in [2.75, 3.05) is 6.54 Å². The van der Waals surface area contributed by atoms with Gasteiger partial charge in [-0.2, -0.15) is 0 Å². The quantitative estimate of drug-likeness (QED) is 0.340. The SMILES string of the molecule is O=C(O)CCCN1C(=O)C(=Cc2cc(O)ccc2[N+](=O)[O-])SC1=S. The average molecular weight is 368 g/mol. The van der Waals surface area contributed by atoms with Crippen molar-refractivity contribution in [1.29, 1.82) is 0 Å². The number of hydrogen-bond donors (Lipinski definition) is 2. The first-order valence-electron chi connectivity index (χ1n) is 6.74. The summed E-state index contributed by atoms with van der Waals surface area (Å²) in [6.45, 7) is 0.163. The summed E-state index contributed by atoms with van der Waals surface area (Å²) in [4.78, 5) is 34.7. The second kappa shape index (κ2) is 7.41. The molecule has 0 aromatic heterocycles. The van der Waals surface area contributed by atoms with Crippen LogP contribution in [0.15, 0.2) is 23.1 Å². The monoisotopic (exact) mass is 368 g/mol. The molecule has 2 N–H and O–H groups in total. The van der Waals surface area contributed by atoms with Gasteiger partial charge in [-0.15, -0.1) is 0 Å². The van der Waals surface area contributed by atoms with E-state index in [0.29, 0.717) is 0 Å². The summed E-state index contributed by atoms with van der Waals surface area (Å²) >= 11 is 6.08. The van der Waals surface area contributed by atoms with E-state index in [2.05, 4.69) is 0 Å². The number of carboxylic acids is 1. The number of rotatable bonds is 6. The molecule has 1 aromatic carbocycles. The van der Waals surface area contributed by atoms with Gasteiger partial charge in [0.15, 0.2) is 0 Å². The van der Waals surface area contributed by atoms with Gasteiger partial charge in [-0.25, -0.2) is 0 Å². The molecule has 0 spiro atoms. The van der Waals surface area contributed by atoms with E-state index in [9.17, 15) is 24.8 Å². The Balaban J connectivity index is 2.24. The Morgan fingerprint density at radius 2 is 2.17 bits per heavy atom. The van der Waals surface area contributed by atoms with Crippen molar-refractivity contribution in [2.24, 2.45) is 0 Å². The van der Waals surface area contributed by atoms with Gasteiger partial charge in [0.25, 0.3) is 11.6 Å². The van der Waals surface area contributed by atoms with E-state index in [1.54, 1.807) is 0 Å². The molecule has 1 aliphatic rings. The highest BCUT2D eigenvalue weighted by Gasteiger charge is 2.32. The molecule has 8 nitrogen and oxygen atoms in total. The number of thiocarbonyl (C=S) groups is 1. The summed E-state index contributed by atoms with van der Waals surface area (Å²) in [6, 6.07) is 3.52. The lowest BCUT2D eigenvalue weighted by molar-refractivity contribution is -0.385. The van der Waals surface area contributed by atoms with E-state index in [4.69, 9.17) is 17.3 Å². The van der Waals surface area contributed by atoms with Crippen molar-refractivity contribution >= 4 is 51.9 Å². The number of phenolic OH excluding ortho intramolecular Hbond substituents is 1. The highest BCUT2D eigenvalue weighted by molar-refractivity contribution is 8.26. The molecule has 24 heavy (non-hydrogen) atoms. The van der Waals surface area contributed by atoms with Crippen LogP contribution in [0.4, 0.5) is 5.69 Å². The zero-order valence-electron chi connectivity index (χ0n) is 12.2. The van der Waals surface area contributed by atoms with Crippen LogP contribution in [-0.2, 0) is 9.59 Å². The molecule has 2 rings (SSSR count). The van der Waals surface area contributed by atoms with Crippen LogP contribution in [0.1, 0.15) is 18.4 Å². The molecular formula is C14H12N2O6S2. The van der Waals surface area contributed by atoms with E-state index < -0.39 is 16.8 Å². The molecule has 1 amide bonds. The van der Waals surface area contributed by atoms with Crippen LogP contribution in [0.2, 0.25) is 0 Å². The van der Waals surface area contributed by atoms with Gasteiger partial charge in [0.2, 0.25) is 0 Å². The molecule has 1 fully saturated rings. The van der Waals surface area contributed by atoms with Crippen molar-refractivity contribution in [3.63, 3.8) is 0 Å². The number of carbonyl (C=O) groups excluding carboxylic acids is 1. The van der Waals surface area contributed by atoms with Crippen LogP contribution >= 0.6 is 24.0 Å². The summed E-state index contributed by atoms with van der Waals surface area (Å²) in [7, 11) is 0. The highest BCUT2D eigenvalue weighted by Crippen LogP contribution is 2.35. The van der Waals surface area contributed by atoms with Crippen LogP contribution in [0.25, 0.3) is 6.08 Å². The molecule has 0 atom stereocenters. The first-order valence-corrected chi connectivity index (χ1v) is 7.96. The third-order valence-corrected chi connectivity index (χ3v) is 4.52. The van der Waals surface area contributed by atoms with Crippen LogP contribution in [-0.4, -0.2) is 42.8 Å². The largest absolute Gasteiger partial charge is 0.508 e. The Labute approximate surface area is 145 Å². The number of thioether (sulfide) groups is 1. The second-order valence-corrected chi connectivity index (χ2v) is 6.51. The van der Waals surface area contributed by atoms with Gasteiger partial charge in [-0.1, -0.05) is 24.0 Å². The summed E-state index contributed by atoms with van der Waals surface area (Å²) in [5.41, 5.74) is -0.157. The maximum Gasteiger partial charge on any atom is 0.303 e. The molecular weight excluding hydrogens is 356 g/mol. The van der Waals surface area contributed by atoms with Gasteiger partial charge in [0, 0.05) is 19.0 Å². The Morgan fingerprint density at radius 3 is 2.79 bits per heavy atom. The minimum Gasteiger partial charge on any atom is -0.508 e. The molecule has 1 aromatic rings. The van der Waals surface area contributed by atoms with Crippen molar-refractivity contribution in [2.45, 2.75) is 12.8 Å². The summed E-state index contributed by atoms with van der Waals surface area (Å²) in [5, 5.41) is 29.2. The Hall–Kier alpha value is -2.46. The number of aliphatic carboxylic acids is 1. The van der Waals surface area contributed by atoms with Gasteiger partial charge in [0.05, 0.1) is 15.4 Å². The highest BCUT2D eigenvalue weighted by atomic mass is 32.2. The lowest BCUT2D eigenvalue weighted by Gasteiger charge is -2.13. The number of phenols is 1. The number of aromatic hydroxyl groups is 1. The standard InChI is InChI=1S/C14H12N2O6S2/c17-9-3-4-10(16(21)22)8(6-9)7-11-13(20)15(14(23)24-11)5-1-2-12(18)19/h3-4,6-7,17H,1-2,5H2,(H,18,19). The molecule has 10 heteroatoms.